The summed E-state index contributed by atoms with van der Waals surface area (Å²) in [7, 11) is 1.65. The summed E-state index contributed by atoms with van der Waals surface area (Å²) in [6.07, 6.45) is 5.32. The maximum absolute atomic E-state index is 5.10. The number of ether oxygens (including phenoxy) is 1. The van der Waals surface area contributed by atoms with Crippen molar-refractivity contribution < 1.29 is 4.74 Å². The van der Waals surface area contributed by atoms with Gasteiger partial charge in [-0.15, -0.1) is 0 Å². The molecule has 0 atom stereocenters. The second kappa shape index (κ2) is 2.53. The highest BCUT2D eigenvalue weighted by Gasteiger charge is 2.26. The van der Waals surface area contributed by atoms with Gasteiger partial charge in [0.15, 0.2) is 0 Å². The van der Waals surface area contributed by atoms with Gasteiger partial charge < -0.3 is 4.74 Å². The summed E-state index contributed by atoms with van der Waals surface area (Å²) < 4.78 is 5.10. The summed E-state index contributed by atoms with van der Waals surface area (Å²) >= 11 is 0. The van der Waals surface area contributed by atoms with Gasteiger partial charge in [0, 0.05) is 5.56 Å². The van der Waals surface area contributed by atoms with Crippen LogP contribution in [-0.2, 0) is 0 Å². The van der Waals surface area contributed by atoms with E-state index in [1.165, 1.54) is 18.4 Å². The smallest absolute Gasteiger partial charge is 0.217 e. The number of pyridine rings is 1. The minimum atomic E-state index is 0.701. The topological polar surface area (TPSA) is 22.1 Å². The normalized spacial score (nSPS) is 16.5. The Bertz CT molecular complexity index is 255. The van der Waals surface area contributed by atoms with E-state index in [1.807, 2.05) is 12.1 Å². The maximum atomic E-state index is 5.10. The van der Waals surface area contributed by atoms with Crippen molar-refractivity contribution in [2.75, 3.05) is 7.11 Å². The Labute approximate surface area is 66.2 Å². The van der Waals surface area contributed by atoms with Crippen LogP contribution in [0.4, 0.5) is 0 Å². The van der Waals surface area contributed by atoms with Crippen LogP contribution in [0.1, 0.15) is 24.3 Å². The van der Waals surface area contributed by atoms with Crippen molar-refractivity contribution in [2.45, 2.75) is 18.8 Å². The van der Waals surface area contributed by atoms with Gasteiger partial charge in [-0.3, -0.25) is 0 Å². The molecule has 1 aliphatic rings. The van der Waals surface area contributed by atoms with E-state index in [0.717, 1.165) is 5.88 Å². The van der Waals surface area contributed by atoms with E-state index in [4.69, 9.17) is 4.74 Å². The summed E-state index contributed by atoms with van der Waals surface area (Å²) in [5, 5.41) is 0. The lowest BCUT2D eigenvalue weighted by atomic mass is 10.2. The van der Waals surface area contributed by atoms with Gasteiger partial charge in [0.25, 0.3) is 0 Å². The molecule has 1 aromatic heterocycles. The van der Waals surface area contributed by atoms with Gasteiger partial charge in [-0.25, -0.2) is 4.98 Å². The van der Waals surface area contributed by atoms with E-state index in [0.29, 0.717) is 5.92 Å². The first-order valence-electron chi connectivity index (χ1n) is 3.83. The lowest BCUT2D eigenvalue weighted by molar-refractivity contribution is 0.392. The summed E-state index contributed by atoms with van der Waals surface area (Å²) in [5.41, 5.74) is 1.24. The minimum Gasteiger partial charge on any atom is -0.481 e. The zero-order chi connectivity index (χ0) is 7.68. The first-order valence-corrected chi connectivity index (χ1v) is 3.83. The largest absolute Gasteiger partial charge is 0.481 e. The first kappa shape index (κ1) is 6.65. The molecule has 0 amide bonds. The maximum Gasteiger partial charge on any atom is 0.217 e. The van der Waals surface area contributed by atoms with Gasteiger partial charge in [-0.2, -0.15) is 0 Å². The molecule has 1 radical (unpaired) electrons. The van der Waals surface area contributed by atoms with Crippen molar-refractivity contribution in [3.63, 3.8) is 0 Å². The molecule has 0 aromatic carbocycles. The van der Waals surface area contributed by atoms with Gasteiger partial charge >= 0.3 is 0 Å². The number of hydrogen-bond donors (Lipinski definition) is 0. The second-order valence-corrected chi connectivity index (χ2v) is 2.81. The van der Waals surface area contributed by atoms with Crippen LogP contribution < -0.4 is 4.74 Å². The van der Waals surface area contributed by atoms with Gasteiger partial charge in [0.2, 0.25) is 5.88 Å². The number of methoxy groups -OCH3 is 1. The molecule has 1 heterocycles. The van der Waals surface area contributed by atoms with Crippen molar-refractivity contribution in [3.8, 4) is 5.88 Å². The molecule has 2 rings (SSSR count). The third kappa shape index (κ3) is 1.20. The van der Waals surface area contributed by atoms with Gasteiger partial charge in [0.05, 0.1) is 13.3 Å². The Morgan fingerprint density at radius 2 is 2.45 bits per heavy atom. The van der Waals surface area contributed by atoms with Crippen LogP contribution in [0.3, 0.4) is 0 Å². The van der Waals surface area contributed by atoms with Crippen molar-refractivity contribution in [3.05, 3.63) is 23.9 Å². The van der Waals surface area contributed by atoms with Crippen molar-refractivity contribution in [1.29, 1.82) is 0 Å². The van der Waals surface area contributed by atoms with E-state index < -0.39 is 0 Å². The fraction of sp³-hybridized carbons (Fsp3) is 0.444. The van der Waals surface area contributed by atoms with Gasteiger partial charge in [0.1, 0.15) is 0 Å². The molecule has 2 nitrogen and oxygen atoms in total. The second-order valence-electron chi connectivity index (χ2n) is 2.81. The summed E-state index contributed by atoms with van der Waals surface area (Å²) in [5.74, 6) is 1.45. The van der Waals surface area contributed by atoms with Gasteiger partial charge in [-0.05, 0) is 24.8 Å². The molecule has 1 aliphatic carbocycles. The highest BCUT2D eigenvalue weighted by molar-refractivity contribution is 5.31. The Morgan fingerprint density at radius 3 is 3.09 bits per heavy atom. The zero-order valence-electron chi connectivity index (χ0n) is 6.50. The average molecular weight is 148 g/mol. The van der Waals surface area contributed by atoms with Crippen molar-refractivity contribution in [2.24, 2.45) is 0 Å². The molecule has 0 N–H and O–H groups in total. The fourth-order valence-corrected chi connectivity index (χ4v) is 1.23. The predicted octanol–water partition coefficient (Wildman–Crippen LogP) is 1.77. The lowest BCUT2D eigenvalue weighted by Crippen LogP contribution is -1.92. The van der Waals surface area contributed by atoms with E-state index in [9.17, 15) is 0 Å². The molecule has 0 saturated heterocycles. The quantitative estimate of drug-likeness (QED) is 0.637. The Morgan fingerprint density at radius 1 is 1.64 bits per heavy atom. The van der Waals surface area contributed by atoms with Crippen molar-refractivity contribution in [1.82, 2.24) is 4.98 Å². The SMILES string of the molecule is COc1n[c]ccc1C1CC1. The fourth-order valence-electron chi connectivity index (χ4n) is 1.23. The Balaban J connectivity index is 2.34. The standard InChI is InChI=1S/C9H10NO/c1-11-9-8(7-4-5-7)3-2-6-10-9/h2-3,7H,4-5H2,1H3. The highest BCUT2D eigenvalue weighted by Crippen LogP contribution is 2.43. The molecule has 2 heteroatoms. The minimum absolute atomic E-state index is 0.701. The molecular weight excluding hydrogens is 138 g/mol. The van der Waals surface area contributed by atoms with Gasteiger partial charge in [-0.1, -0.05) is 6.07 Å². The van der Waals surface area contributed by atoms with Crippen LogP contribution in [0.5, 0.6) is 5.88 Å². The molecule has 0 unspecified atom stereocenters. The summed E-state index contributed by atoms with van der Waals surface area (Å²) in [6.45, 7) is 0. The van der Waals surface area contributed by atoms with Crippen LogP contribution in [0, 0.1) is 6.20 Å². The zero-order valence-corrected chi connectivity index (χ0v) is 6.50. The Kier molecular flexibility index (Phi) is 1.53. The summed E-state index contributed by atoms with van der Waals surface area (Å²) in [4.78, 5) is 4.01. The molecule has 0 bridgehead atoms. The first-order chi connectivity index (χ1) is 5.42. The van der Waals surface area contributed by atoms with Crippen LogP contribution in [0.15, 0.2) is 12.1 Å². The van der Waals surface area contributed by atoms with Crippen LogP contribution in [0.2, 0.25) is 0 Å². The average Bonchev–Trinajstić information content (AvgIpc) is 2.87. The molecule has 11 heavy (non-hydrogen) atoms. The number of aromatic nitrogens is 1. The molecule has 1 saturated carbocycles. The number of hydrogen-bond acceptors (Lipinski definition) is 2. The molecule has 0 spiro atoms. The lowest BCUT2D eigenvalue weighted by Gasteiger charge is -2.03. The number of nitrogens with zero attached hydrogens (tertiary/aromatic N) is 1. The van der Waals surface area contributed by atoms with Crippen molar-refractivity contribution >= 4 is 0 Å². The third-order valence-electron chi connectivity index (χ3n) is 1.96. The molecule has 0 aliphatic heterocycles. The van der Waals surface area contributed by atoms with E-state index in [1.54, 1.807) is 7.11 Å². The van der Waals surface area contributed by atoms with E-state index >= 15 is 0 Å². The molecule has 1 fully saturated rings. The summed E-state index contributed by atoms with van der Waals surface area (Å²) in [6, 6.07) is 3.89. The van der Waals surface area contributed by atoms with Crippen LogP contribution in [-0.4, -0.2) is 12.1 Å². The van der Waals surface area contributed by atoms with Crippen LogP contribution >= 0.6 is 0 Å². The molecule has 57 valence electrons. The van der Waals surface area contributed by atoms with E-state index in [2.05, 4.69) is 11.2 Å². The monoisotopic (exact) mass is 148 g/mol. The van der Waals surface area contributed by atoms with E-state index in [-0.39, 0.29) is 0 Å². The molecular formula is C9H10NO. The highest BCUT2D eigenvalue weighted by atomic mass is 16.5. The predicted molar refractivity (Wildman–Crippen MR) is 41.6 cm³/mol. The third-order valence-corrected chi connectivity index (χ3v) is 1.96. The molecule has 1 aromatic rings. The number of rotatable bonds is 2. The van der Waals surface area contributed by atoms with Crippen LogP contribution in [0.25, 0.3) is 0 Å². The Hall–Kier alpha value is -1.05.